The van der Waals surface area contributed by atoms with Gasteiger partial charge in [0.05, 0.1) is 17.1 Å². The molecule has 0 aliphatic heterocycles. The molecular weight excluding hydrogens is 231 g/mol. The smallest absolute Gasteiger partial charge is 0.232 e. The van der Waals surface area contributed by atoms with Crippen LogP contribution in [0.5, 0.6) is 0 Å². The molecular formula is C10H15FN2O2S. The van der Waals surface area contributed by atoms with E-state index in [9.17, 15) is 12.8 Å². The number of sulfonamides is 1. The van der Waals surface area contributed by atoms with E-state index in [0.717, 1.165) is 6.07 Å². The summed E-state index contributed by atoms with van der Waals surface area (Å²) in [6.45, 7) is 3.59. The Labute approximate surface area is 94.7 Å². The fraction of sp³-hybridized carbons (Fsp3) is 0.400. The second kappa shape index (κ2) is 4.69. The molecule has 0 spiro atoms. The average Bonchev–Trinajstić information content (AvgIpc) is 2.08. The molecule has 0 heterocycles. The highest BCUT2D eigenvalue weighted by Gasteiger charge is 2.13. The highest BCUT2D eigenvalue weighted by atomic mass is 32.2. The minimum atomic E-state index is -3.42. The van der Waals surface area contributed by atoms with Crippen LogP contribution in [0.15, 0.2) is 18.2 Å². The molecule has 3 N–H and O–H groups in total. The van der Waals surface area contributed by atoms with Crippen molar-refractivity contribution >= 4 is 21.4 Å². The van der Waals surface area contributed by atoms with Gasteiger partial charge in [-0.15, -0.1) is 0 Å². The monoisotopic (exact) mass is 246 g/mol. The molecule has 4 nitrogen and oxygen atoms in total. The minimum Gasteiger partial charge on any atom is -0.396 e. The highest BCUT2D eigenvalue weighted by molar-refractivity contribution is 7.92. The molecule has 0 aromatic heterocycles. The van der Waals surface area contributed by atoms with E-state index in [2.05, 4.69) is 4.72 Å². The normalized spacial score (nSPS) is 11.8. The fourth-order valence-electron chi connectivity index (χ4n) is 1.25. The maximum atomic E-state index is 13.1. The van der Waals surface area contributed by atoms with Crippen LogP contribution in [-0.2, 0) is 10.0 Å². The van der Waals surface area contributed by atoms with Gasteiger partial charge in [-0.2, -0.15) is 0 Å². The molecule has 0 fully saturated rings. The number of benzene rings is 1. The number of halogens is 1. The quantitative estimate of drug-likeness (QED) is 0.796. The minimum absolute atomic E-state index is 0.000997. The lowest BCUT2D eigenvalue weighted by Gasteiger charge is -2.10. The number of hydrogen-bond acceptors (Lipinski definition) is 3. The molecule has 0 saturated heterocycles. The van der Waals surface area contributed by atoms with E-state index in [1.807, 2.05) is 0 Å². The maximum absolute atomic E-state index is 13.1. The zero-order chi connectivity index (χ0) is 12.3. The van der Waals surface area contributed by atoms with E-state index < -0.39 is 15.8 Å². The Bertz CT molecular complexity index is 472. The maximum Gasteiger partial charge on any atom is 0.232 e. The summed E-state index contributed by atoms with van der Waals surface area (Å²) in [6.07, 6.45) is 0. The first-order valence-corrected chi connectivity index (χ1v) is 6.51. The summed E-state index contributed by atoms with van der Waals surface area (Å²) >= 11 is 0. The van der Waals surface area contributed by atoms with Gasteiger partial charge in [0.2, 0.25) is 10.0 Å². The molecule has 6 heteroatoms. The number of anilines is 2. The lowest BCUT2D eigenvalue weighted by atomic mass is 10.3. The molecule has 0 bridgehead atoms. The zero-order valence-electron chi connectivity index (χ0n) is 9.20. The summed E-state index contributed by atoms with van der Waals surface area (Å²) in [4.78, 5) is 0. The Balaban J connectivity index is 2.84. The van der Waals surface area contributed by atoms with Gasteiger partial charge in [-0.3, -0.25) is 4.72 Å². The number of nitrogen functional groups attached to an aromatic ring is 1. The Kier molecular flexibility index (Phi) is 3.74. The lowest BCUT2D eigenvalue weighted by molar-refractivity contribution is 0.587. The van der Waals surface area contributed by atoms with Crippen LogP contribution in [0.2, 0.25) is 0 Å². The van der Waals surface area contributed by atoms with Crippen molar-refractivity contribution in [3.05, 3.63) is 24.0 Å². The molecule has 0 amide bonds. The molecule has 0 radical (unpaired) electrons. The van der Waals surface area contributed by atoms with E-state index in [4.69, 9.17) is 5.73 Å². The van der Waals surface area contributed by atoms with Gasteiger partial charge in [0, 0.05) is 6.07 Å². The van der Waals surface area contributed by atoms with Crippen LogP contribution in [0.3, 0.4) is 0 Å². The number of rotatable bonds is 4. The van der Waals surface area contributed by atoms with Crippen LogP contribution in [0.1, 0.15) is 13.8 Å². The number of nitrogens with two attached hydrogens (primary N) is 1. The second-order valence-electron chi connectivity index (χ2n) is 4.01. The van der Waals surface area contributed by atoms with Crippen molar-refractivity contribution in [2.24, 2.45) is 5.92 Å². The standard InChI is InChI=1S/C10H15FN2O2S/c1-7(2)6-16(14,15)13-8-3-4-10(12)9(11)5-8/h3-5,7,13H,6,12H2,1-2H3. The topological polar surface area (TPSA) is 72.2 Å². The Morgan fingerprint density at radius 3 is 2.56 bits per heavy atom. The van der Waals surface area contributed by atoms with Gasteiger partial charge >= 0.3 is 0 Å². The third kappa shape index (κ3) is 3.69. The van der Waals surface area contributed by atoms with Gasteiger partial charge in [0.15, 0.2) is 0 Å². The van der Waals surface area contributed by atoms with Crippen LogP contribution in [-0.4, -0.2) is 14.2 Å². The van der Waals surface area contributed by atoms with Crippen molar-refractivity contribution in [2.45, 2.75) is 13.8 Å². The average molecular weight is 246 g/mol. The largest absolute Gasteiger partial charge is 0.396 e. The molecule has 16 heavy (non-hydrogen) atoms. The summed E-state index contributed by atoms with van der Waals surface area (Å²) in [6, 6.07) is 3.81. The molecule has 0 aliphatic rings. The van der Waals surface area contributed by atoms with Crippen molar-refractivity contribution in [3.8, 4) is 0 Å². The first-order valence-electron chi connectivity index (χ1n) is 4.85. The Morgan fingerprint density at radius 2 is 2.06 bits per heavy atom. The van der Waals surface area contributed by atoms with Crippen molar-refractivity contribution in [2.75, 3.05) is 16.2 Å². The first-order chi connectivity index (χ1) is 7.30. The van der Waals surface area contributed by atoms with Crippen molar-refractivity contribution in [1.82, 2.24) is 0 Å². The summed E-state index contributed by atoms with van der Waals surface area (Å²) in [5.74, 6) is -0.625. The first kappa shape index (κ1) is 12.8. The molecule has 0 aliphatic carbocycles. The lowest BCUT2D eigenvalue weighted by Crippen LogP contribution is -2.20. The summed E-state index contributed by atoms with van der Waals surface area (Å²) < 4.78 is 38.4. The van der Waals surface area contributed by atoms with Gasteiger partial charge in [-0.25, -0.2) is 12.8 Å². The van der Waals surface area contributed by atoms with Crippen LogP contribution >= 0.6 is 0 Å². The number of hydrogen-bond donors (Lipinski definition) is 2. The molecule has 1 aromatic rings. The van der Waals surface area contributed by atoms with Crippen molar-refractivity contribution in [3.63, 3.8) is 0 Å². The van der Waals surface area contributed by atoms with Gasteiger partial charge in [-0.1, -0.05) is 13.8 Å². The van der Waals surface area contributed by atoms with Gasteiger partial charge in [0.1, 0.15) is 5.82 Å². The number of nitrogens with one attached hydrogen (secondary N) is 1. The predicted octanol–water partition coefficient (Wildman–Crippen LogP) is 1.81. The fourth-order valence-corrected chi connectivity index (χ4v) is 2.70. The van der Waals surface area contributed by atoms with E-state index in [1.54, 1.807) is 13.8 Å². The van der Waals surface area contributed by atoms with E-state index >= 15 is 0 Å². The molecule has 0 atom stereocenters. The van der Waals surface area contributed by atoms with Gasteiger partial charge in [-0.05, 0) is 18.1 Å². The SMILES string of the molecule is CC(C)CS(=O)(=O)Nc1ccc(N)c(F)c1. The van der Waals surface area contributed by atoms with E-state index in [-0.39, 0.29) is 23.0 Å². The Hall–Kier alpha value is -1.30. The van der Waals surface area contributed by atoms with Crippen LogP contribution in [0.4, 0.5) is 15.8 Å². The van der Waals surface area contributed by atoms with Crippen LogP contribution in [0.25, 0.3) is 0 Å². The predicted molar refractivity (Wildman–Crippen MR) is 63.1 cm³/mol. The summed E-state index contributed by atoms with van der Waals surface area (Å²) in [5.41, 5.74) is 5.46. The molecule has 1 rings (SSSR count). The molecule has 90 valence electrons. The molecule has 0 saturated carbocycles. The third-order valence-electron chi connectivity index (χ3n) is 1.83. The van der Waals surface area contributed by atoms with Crippen LogP contribution in [0, 0.1) is 11.7 Å². The van der Waals surface area contributed by atoms with E-state index in [0.29, 0.717) is 0 Å². The van der Waals surface area contributed by atoms with E-state index in [1.165, 1.54) is 12.1 Å². The Morgan fingerprint density at radius 1 is 1.44 bits per heavy atom. The van der Waals surface area contributed by atoms with Crippen molar-refractivity contribution in [1.29, 1.82) is 0 Å². The van der Waals surface area contributed by atoms with Gasteiger partial charge in [0.25, 0.3) is 0 Å². The van der Waals surface area contributed by atoms with Crippen LogP contribution < -0.4 is 10.5 Å². The van der Waals surface area contributed by atoms with Gasteiger partial charge < -0.3 is 5.73 Å². The highest BCUT2D eigenvalue weighted by Crippen LogP contribution is 2.17. The zero-order valence-corrected chi connectivity index (χ0v) is 10.0. The third-order valence-corrected chi connectivity index (χ3v) is 3.48. The molecule has 0 unspecified atom stereocenters. The second-order valence-corrected chi connectivity index (χ2v) is 5.78. The summed E-state index contributed by atoms with van der Waals surface area (Å²) in [7, 11) is -3.42. The summed E-state index contributed by atoms with van der Waals surface area (Å²) in [5, 5.41) is 0. The van der Waals surface area contributed by atoms with Crippen molar-refractivity contribution < 1.29 is 12.8 Å². The molecule has 1 aromatic carbocycles.